The number of nitrogens with zero attached hydrogens (tertiary/aromatic N) is 1. The summed E-state index contributed by atoms with van der Waals surface area (Å²) < 4.78 is 6.50. The lowest BCUT2D eigenvalue weighted by molar-refractivity contribution is -0.139. The van der Waals surface area contributed by atoms with Crippen molar-refractivity contribution < 1.29 is 19.4 Å². The molecule has 0 aliphatic rings. The molecule has 0 saturated carbocycles. The number of nitrogens with one attached hydrogen (secondary N) is 1. The normalized spacial score (nSPS) is 12.1. The van der Waals surface area contributed by atoms with Gasteiger partial charge in [-0.25, -0.2) is 4.79 Å². The van der Waals surface area contributed by atoms with Crippen molar-refractivity contribution in [2.45, 2.75) is 18.9 Å². The Morgan fingerprint density at radius 2 is 2.28 bits per heavy atom. The van der Waals surface area contributed by atoms with Crippen molar-refractivity contribution in [1.29, 1.82) is 0 Å². The van der Waals surface area contributed by atoms with Crippen LogP contribution in [0.2, 0.25) is 0 Å². The maximum atomic E-state index is 11.8. The van der Waals surface area contributed by atoms with Crippen LogP contribution in [-0.2, 0) is 16.6 Å². The van der Waals surface area contributed by atoms with Gasteiger partial charge in [0.15, 0.2) is 0 Å². The molecule has 1 atom stereocenters. The number of carbonyl (C=O) groups is 2. The molecule has 2 N–H and O–H groups in total. The summed E-state index contributed by atoms with van der Waals surface area (Å²) in [5.74, 6) is -1.42. The molecule has 1 heterocycles. The maximum absolute atomic E-state index is 11.8. The number of rotatable bonds is 7. The van der Waals surface area contributed by atoms with Gasteiger partial charge < -0.3 is 19.7 Å². The summed E-state index contributed by atoms with van der Waals surface area (Å²) in [6.45, 7) is 0.476. The molecule has 0 spiro atoms. The molecule has 1 rings (SSSR count). The van der Waals surface area contributed by atoms with E-state index >= 15 is 0 Å². The van der Waals surface area contributed by atoms with Crippen LogP contribution in [0.25, 0.3) is 0 Å². The van der Waals surface area contributed by atoms with Crippen molar-refractivity contribution in [3.8, 4) is 0 Å². The van der Waals surface area contributed by atoms with Crippen molar-refractivity contribution in [3.63, 3.8) is 0 Å². The van der Waals surface area contributed by atoms with Crippen LogP contribution in [0.4, 0.5) is 0 Å². The second-order valence-electron chi connectivity index (χ2n) is 4.00. The van der Waals surface area contributed by atoms with E-state index in [1.165, 1.54) is 0 Å². The molecule has 0 radical (unpaired) electrons. The van der Waals surface area contributed by atoms with E-state index in [1.807, 2.05) is 0 Å². The molecule has 0 aromatic carbocycles. The van der Waals surface area contributed by atoms with Gasteiger partial charge >= 0.3 is 5.97 Å². The van der Waals surface area contributed by atoms with Gasteiger partial charge in [-0.1, -0.05) is 0 Å². The first-order valence-corrected chi connectivity index (χ1v) is 5.70. The van der Waals surface area contributed by atoms with E-state index < -0.39 is 12.0 Å². The molecule has 1 amide bonds. The largest absolute Gasteiger partial charge is 0.480 e. The van der Waals surface area contributed by atoms with Crippen LogP contribution in [-0.4, -0.2) is 41.3 Å². The third kappa shape index (κ3) is 3.89. The number of carboxylic acid groups (broad SMARTS) is 1. The molecule has 0 aliphatic carbocycles. The van der Waals surface area contributed by atoms with Gasteiger partial charge in [0.2, 0.25) is 0 Å². The van der Waals surface area contributed by atoms with Gasteiger partial charge in [0.25, 0.3) is 5.91 Å². The fourth-order valence-corrected chi connectivity index (χ4v) is 1.62. The first-order chi connectivity index (χ1) is 8.56. The summed E-state index contributed by atoms with van der Waals surface area (Å²) in [4.78, 5) is 22.9. The number of carboxylic acids is 1. The Bertz CT molecular complexity index is 414. The minimum atomic E-state index is -1.03. The fraction of sp³-hybridized carbons (Fsp3) is 0.500. The second-order valence-corrected chi connectivity index (χ2v) is 4.00. The zero-order chi connectivity index (χ0) is 13.5. The molecular weight excluding hydrogens is 236 g/mol. The topological polar surface area (TPSA) is 80.6 Å². The highest BCUT2D eigenvalue weighted by Crippen LogP contribution is 2.03. The second kappa shape index (κ2) is 6.80. The Hall–Kier alpha value is -1.82. The van der Waals surface area contributed by atoms with Crippen molar-refractivity contribution >= 4 is 11.9 Å². The number of amides is 1. The van der Waals surface area contributed by atoms with Crippen LogP contribution in [0.3, 0.4) is 0 Å². The van der Waals surface area contributed by atoms with Crippen LogP contribution in [0.15, 0.2) is 18.3 Å². The molecule has 1 aromatic rings. The SMILES string of the molecule is COCCCC(NC(=O)c1cccn1C)C(=O)O. The Morgan fingerprint density at radius 1 is 1.56 bits per heavy atom. The number of hydrogen-bond donors (Lipinski definition) is 2. The highest BCUT2D eigenvalue weighted by Gasteiger charge is 2.21. The smallest absolute Gasteiger partial charge is 0.326 e. The Balaban J connectivity index is 2.58. The summed E-state index contributed by atoms with van der Waals surface area (Å²) in [6, 6.07) is 2.49. The molecule has 100 valence electrons. The molecule has 0 aliphatic heterocycles. The molecule has 1 unspecified atom stereocenters. The van der Waals surface area contributed by atoms with E-state index in [1.54, 1.807) is 37.1 Å². The molecule has 0 fully saturated rings. The first-order valence-electron chi connectivity index (χ1n) is 5.70. The van der Waals surface area contributed by atoms with E-state index in [9.17, 15) is 9.59 Å². The lowest BCUT2D eigenvalue weighted by Crippen LogP contribution is -2.41. The fourth-order valence-electron chi connectivity index (χ4n) is 1.62. The minimum Gasteiger partial charge on any atom is -0.480 e. The predicted octanol–water partition coefficient (Wildman–Crippen LogP) is 0.635. The number of aromatic nitrogens is 1. The molecule has 6 nitrogen and oxygen atoms in total. The monoisotopic (exact) mass is 254 g/mol. The van der Waals surface area contributed by atoms with Crippen LogP contribution >= 0.6 is 0 Å². The van der Waals surface area contributed by atoms with Crippen molar-refractivity contribution in [2.24, 2.45) is 7.05 Å². The number of ether oxygens (including phenoxy) is 1. The Labute approximate surface area is 106 Å². The number of aryl methyl sites for hydroxylation is 1. The molecule has 1 aromatic heterocycles. The van der Waals surface area contributed by atoms with Gasteiger partial charge in [0.05, 0.1) is 0 Å². The molecule has 6 heteroatoms. The highest BCUT2D eigenvalue weighted by atomic mass is 16.5. The quantitative estimate of drug-likeness (QED) is 0.699. The van der Waals surface area contributed by atoms with Crippen LogP contribution in [0, 0.1) is 0 Å². The van der Waals surface area contributed by atoms with Gasteiger partial charge in [-0.2, -0.15) is 0 Å². The van der Waals surface area contributed by atoms with Gasteiger partial charge in [-0.3, -0.25) is 4.79 Å². The van der Waals surface area contributed by atoms with Crippen LogP contribution in [0.1, 0.15) is 23.3 Å². The molecule has 0 bridgehead atoms. The maximum Gasteiger partial charge on any atom is 0.326 e. The summed E-state index contributed by atoms with van der Waals surface area (Å²) in [7, 11) is 3.29. The van der Waals surface area contributed by atoms with E-state index in [-0.39, 0.29) is 5.91 Å². The summed E-state index contributed by atoms with van der Waals surface area (Å²) >= 11 is 0. The number of hydrogen-bond acceptors (Lipinski definition) is 3. The van der Waals surface area contributed by atoms with Gasteiger partial charge in [0.1, 0.15) is 11.7 Å². The van der Waals surface area contributed by atoms with Crippen molar-refractivity contribution in [2.75, 3.05) is 13.7 Å². The average molecular weight is 254 g/mol. The Kier molecular flexibility index (Phi) is 5.38. The summed E-state index contributed by atoms with van der Waals surface area (Å²) in [5, 5.41) is 11.5. The lowest BCUT2D eigenvalue weighted by atomic mass is 10.1. The highest BCUT2D eigenvalue weighted by molar-refractivity contribution is 5.95. The van der Waals surface area contributed by atoms with E-state index in [4.69, 9.17) is 9.84 Å². The summed E-state index contributed by atoms with van der Waals surface area (Å²) in [5.41, 5.74) is 0.438. The zero-order valence-corrected chi connectivity index (χ0v) is 10.5. The number of aliphatic carboxylic acids is 1. The third-order valence-corrected chi connectivity index (χ3v) is 2.62. The van der Waals surface area contributed by atoms with Crippen molar-refractivity contribution in [1.82, 2.24) is 9.88 Å². The molecule has 0 saturated heterocycles. The Morgan fingerprint density at radius 3 is 2.78 bits per heavy atom. The van der Waals surface area contributed by atoms with Gasteiger partial charge in [-0.15, -0.1) is 0 Å². The molecular formula is C12H18N2O4. The number of methoxy groups -OCH3 is 1. The van der Waals surface area contributed by atoms with Gasteiger partial charge in [0, 0.05) is 27.0 Å². The summed E-state index contributed by atoms with van der Waals surface area (Å²) in [6.07, 6.45) is 2.66. The van der Waals surface area contributed by atoms with E-state index in [0.717, 1.165) is 0 Å². The van der Waals surface area contributed by atoms with Crippen LogP contribution < -0.4 is 5.32 Å². The van der Waals surface area contributed by atoms with Crippen molar-refractivity contribution in [3.05, 3.63) is 24.0 Å². The lowest BCUT2D eigenvalue weighted by Gasteiger charge is -2.14. The first kappa shape index (κ1) is 14.2. The number of carbonyl (C=O) groups excluding carboxylic acids is 1. The zero-order valence-electron chi connectivity index (χ0n) is 10.5. The van der Waals surface area contributed by atoms with Crippen LogP contribution in [0.5, 0.6) is 0 Å². The minimum absolute atomic E-state index is 0.347. The van der Waals surface area contributed by atoms with E-state index in [2.05, 4.69) is 5.32 Å². The molecule has 18 heavy (non-hydrogen) atoms. The third-order valence-electron chi connectivity index (χ3n) is 2.62. The predicted molar refractivity (Wildman–Crippen MR) is 65.4 cm³/mol. The average Bonchev–Trinajstić information content (AvgIpc) is 2.74. The standard InChI is InChI=1S/C12H18N2O4/c1-14-7-3-6-10(14)11(15)13-9(12(16)17)5-4-8-18-2/h3,6-7,9H,4-5,8H2,1-2H3,(H,13,15)(H,16,17). The van der Waals surface area contributed by atoms with Gasteiger partial charge in [-0.05, 0) is 25.0 Å². The van der Waals surface area contributed by atoms with E-state index in [0.29, 0.717) is 25.1 Å².